The molecule has 0 atom stereocenters. The molecular formula is C11H6O4. The van der Waals surface area contributed by atoms with E-state index in [0.717, 1.165) is 16.4 Å². The molecule has 0 aliphatic rings. The van der Waals surface area contributed by atoms with E-state index in [1.807, 2.05) is 0 Å². The highest BCUT2D eigenvalue weighted by Crippen LogP contribution is 2.28. The summed E-state index contributed by atoms with van der Waals surface area (Å²) in [5.74, 6) is -1.12. The Hall–Kier alpha value is -2.23. The van der Waals surface area contributed by atoms with Gasteiger partial charge in [-0.25, -0.2) is 4.79 Å². The summed E-state index contributed by atoms with van der Waals surface area (Å²) in [6.07, 6.45) is 1.57. The largest absolute Gasteiger partial charge is 0.475 e. The van der Waals surface area contributed by atoms with E-state index in [2.05, 4.69) is 0 Å². The molecule has 0 saturated heterocycles. The normalized spacial score (nSPS) is 11.2. The highest BCUT2D eigenvalue weighted by Gasteiger charge is 2.12. The van der Waals surface area contributed by atoms with Gasteiger partial charge in [-0.05, 0) is 18.2 Å². The SMILES string of the molecule is O=C(O)c1cc2c(ccc3occc32)o1. The molecule has 4 heteroatoms. The van der Waals surface area contributed by atoms with Crippen molar-refractivity contribution < 1.29 is 18.7 Å². The maximum Gasteiger partial charge on any atom is 0.371 e. The summed E-state index contributed by atoms with van der Waals surface area (Å²) < 4.78 is 10.4. The molecule has 15 heavy (non-hydrogen) atoms. The summed E-state index contributed by atoms with van der Waals surface area (Å²) in [5.41, 5.74) is 1.28. The summed E-state index contributed by atoms with van der Waals surface area (Å²) >= 11 is 0. The van der Waals surface area contributed by atoms with Gasteiger partial charge >= 0.3 is 5.97 Å². The van der Waals surface area contributed by atoms with Crippen molar-refractivity contribution in [1.29, 1.82) is 0 Å². The average Bonchev–Trinajstić information content (AvgIpc) is 2.82. The van der Waals surface area contributed by atoms with Gasteiger partial charge in [-0.15, -0.1) is 0 Å². The van der Waals surface area contributed by atoms with Gasteiger partial charge in [0.15, 0.2) is 0 Å². The van der Waals surface area contributed by atoms with E-state index in [1.165, 1.54) is 6.07 Å². The number of carbonyl (C=O) groups is 1. The predicted octanol–water partition coefficient (Wildman–Crippen LogP) is 2.88. The Bertz CT molecular complexity index is 659. The molecule has 0 aliphatic heterocycles. The molecule has 74 valence electrons. The maximum absolute atomic E-state index is 10.7. The van der Waals surface area contributed by atoms with Crippen LogP contribution in [-0.2, 0) is 0 Å². The minimum Gasteiger partial charge on any atom is -0.475 e. The molecule has 2 heterocycles. The molecule has 0 amide bonds. The molecule has 0 unspecified atom stereocenters. The van der Waals surface area contributed by atoms with Crippen molar-refractivity contribution in [1.82, 2.24) is 0 Å². The van der Waals surface area contributed by atoms with Gasteiger partial charge in [-0.2, -0.15) is 0 Å². The Morgan fingerprint density at radius 2 is 1.93 bits per heavy atom. The van der Waals surface area contributed by atoms with E-state index >= 15 is 0 Å². The van der Waals surface area contributed by atoms with Crippen LogP contribution in [0.15, 0.2) is 39.4 Å². The number of benzene rings is 1. The first-order valence-corrected chi connectivity index (χ1v) is 4.39. The van der Waals surface area contributed by atoms with E-state index in [-0.39, 0.29) is 5.76 Å². The minimum absolute atomic E-state index is 0.0568. The molecule has 0 aliphatic carbocycles. The van der Waals surface area contributed by atoms with Crippen LogP contribution >= 0.6 is 0 Å². The van der Waals surface area contributed by atoms with Gasteiger partial charge in [0.2, 0.25) is 5.76 Å². The molecule has 3 aromatic rings. The first-order chi connectivity index (χ1) is 7.25. The van der Waals surface area contributed by atoms with Crippen molar-refractivity contribution in [3.63, 3.8) is 0 Å². The molecule has 1 N–H and O–H groups in total. The van der Waals surface area contributed by atoms with Crippen molar-refractivity contribution in [2.45, 2.75) is 0 Å². The fourth-order valence-corrected chi connectivity index (χ4v) is 1.67. The van der Waals surface area contributed by atoms with E-state index < -0.39 is 5.97 Å². The number of aromatic carboxylic acids is 1. The zero-order valence-electron chi connectivity index (χ0n) is 7.56. The fraction of sp³-hybridized carbons (Fsp3) is 0. The zero-order valence-corrected chi connectivity index (χ0v) is 7.56. The number of fused-ring (bicyclic) bond motifs is 3. The monoisotopic (exact) mass is 202 g/mol. The molecule has 0 spiro atoms. The smallest absolute Gasteiger partial charge is 0.371 e. The first-order valence-electron chi connectivity index (χ1n) is 4.39. The first kappa shape index (κ1) is 8.11. The molecule has 0 radical (unpaired) electrons. The van der Waals surface area contributed by atoms with Crippen molar-refractivity contribution in [2.24, 2.45) is 0 Å². The Morgan fingerprint density at radius 1 is 1.13 bits per heavy atom. The van der Waals surface area contributed by atoms with Crippen LogP contribution in [0.4, 0.5) is 0 Å². The number of carboxylic acid groups (broad SMARTS) is 1. The van der Waals surface area contributed by atoms with E-state index in [1.54, 1.807) is 24.5 Å². The lowest BCUT2D eigenvalue weighted by Crippen LogP contribution is -1.91. The number of rotatable bonds is 1. The number of hydrogen-bond donors (Lipinski definition) is 1. The molecule has 0 fully saturated rings. The van der Waals surface area contributed by atoms with Crippen molar-refractivity contribution in [2.75, 3.05) is 0 Å². The highest BCUT2D eigenvalue weighted by atomic mass is 16.4. The third kappa shape index (κ3) is 1.05. The molecule has 0 bridgehead atoms. The molecular weight excluding hydrogens is 196 g/mol. The second-order valence-electron chi connectivity index (χ2n) is 3.23. The topological polar surface area (TPSA) is 63.6 Å². The van der Waals surface area contributed by atoms with Gasteiger partial charge in [0.25, 0.3) is 0 Å². The molecule has 1 aromatic carbocycles. The molecule has 4 nitrogen and oxygen atoms in total. The van der Waals surface area contributed by atoms with Crippen LogP contribution in [0, 0.1) is 0 Å². The van der Waals surface area contributed by atoms with Crippen LogP contribution in [-0.4, -0.2) is 11.1 Å². The summed E-state index contributed by atoms with van der Waals surface area (Å²) in [5, 5.41) is 10.4. The third-order valence-electron chi connectivity index (χ3n) is 2.34. The van der Waals surface area contributed by atoms with E-state index in [4.69, 9.17) is 13.9 Å². The Kier molecular flexibility index (Phi) is 1.42. The van der Waals surface area contributed by atoms with Crippen LogP contribution in [0.1, 0.15) is 10.6 Å². The van der Waals surface area contributed by atoms with Crippen LogP contribution in [0.25, 0.3) is 21.9 Å². The van der Waals surface area contributed by atoms with Crippen LogP contribution in [0.2, 0.25) is 0 Å². The fourth-order valence-electron chi connectivity index (χ4n) is 1.67. The van der Waals surface area contributed by atoms with E-state index in [9.17, 15) is 4.79 Å². The van der Waals surface area contributed by atoms with Gasteiger partial charge in [-0.3, -0.25) is 0 Å². The summed E-state index contributed by atoms with van der Waals surface area (Å²) in [4.78, 5) is 10.7. The van der Waals surface area contributed by atoms with Crippen molar-refractivity contribution in [3.8, 4) is 0 Å². The number of furan rings is 2. The summed E-state index contributed by atoms with van der Waals surface area (Å²) in [6, 6.07) is 6.76. The average molecular weight is 202 g/mol. The Morgan fingerprint density at radius 3 is 2.73 bits per heavy atom. The second-order valence-corrected chi connectivity index (χ2v) is 3.23. The second kappa shape index (κ2) is 2.63. The predicted molar refractivity (Wildman–Crippen MR) is 52.9 cm³/mol. The Labute approximate surface area is 83.7 Å². The lowest BCUT2D eigenvalue weighted by atomic mass is 10.2. The number of carboxylic acids is 1. The maximum atomic E-state index is 10.7. The van der Waals surface area contributed by atoms with Gasteiger partial charge in [-0.1, -0.05) is 0 Å². The van der Waals surface area contributed by atoms with Gasteiger partial charge in [0.1, 0.15) is 11.2 Å². The lowest BCUT2D eigenvalue weighted by Gasteiger charge is -1.88. The standard InChI is InChI=1S/C11H6O4/c12-11(13)10-5-7-6-3-4-14-8(6)1-2-9(7)15-10/h1-5H,(H,12,13). The summed E-state index contributed by atoms with van der Waals surface area (Å²) in [6.45, 7) is 0. The van der Waals surface area contributed by atoms with Crippen molar-refractivity contribution in [3.05, 3.63) is 36.3 Å². The van der Waals surface area contributed by atoms with E-state index in [0.29, 0.717) is 5.58 Å². The van der Waals surface area contributed by atoms with Crippen molar-refractivity contribution >= 4 is 27.9 Å². The zero-order chi connectivity index (χ0) is 10.4. The Balaban J connectivity index is 2.46. The van der Waals surface area contributed by atoms with Crippen LogP contribution in [0.5, 0.6) is 0 Å². The quantitative estimate of drug-likeness (QED) is 0.658. The lowest BCUT2D eigenvalue weighted by molar-refractivity contribution is 0.0665. The van der Waals surface area contributed by atoms with Crippen LogP contribution in [0.3, 0.4) is 0 Å². The van der Waals surface area contributed by atoms with Gasteiger partial charge in [0.05, 0.1) is 6.26 Å². The summed E-state index contributed by atoms with van der Waals surface area (Å²) in [7, 11) is 0. The highest BCUT2D eigenvalue weighted by molar-refractivity contribution is 6.06. The molecule has 0 saturated carbocycles. The third-order valence-corrected chi connectivity index (χ3v) is 2.34. The van der Waals surface area contributed by atoms with Gasteiger partial charge in [0, 0.05) is 16.8 Å². The van der Waals surface area contributed by atoms with Gasteiger partial charge < -0.3 is 13.9 Å². The minimum atomic E-state index is -1.07. The van der Waals surface area contributed by atoms with Crippen LogP contribution < -0.4 is 0 Å². The molecule has 3 rings (SSSR count). The molecule has 2 aromatic heterocycles. The number of hydrogen-bond acceptors (Lipinski definition) is 3.